The fraction of sp³-hybridized carbons (Fsp3) is 0.812. The summed E-state index contributed by atoms with van der Waals surface area (Å²) in [7, 11) is 0. The predicted octanol–water partition coefficient (Wildman–Crippen LogP) is 1.25. The Labute approximate surface area is 131 Å². The van der Waals surface area contributed by atoms with E-state index < -0.39 is 11.9 Å². The molecule has 2 unspecified atom stereocenters. The topological polar surface area (TPSA) is 86.7 Å². The van der Waals surface area contributed by atoms with Crippen LogP contribution in [0.15, 0.2) is 0 Å². The van der Waals surface area contributed by atoms with Crippen LogP contribution in [0.5, 0.6) is 0 Å². The number of rotatable bonds is 4. The lowest BCUT2D eigenvalue weighted by atomic mass is 9.88. The smallest absolute Gasteiger partial charge is 0.308 e. The zero-order valence-corrected chi connectivity index (χ0v) is 13.2. The molecule has 2 fully saturated rings. The fourth-order valence-corrected chi connectivity index (χ4v) is 3.52. The minimum Gasteiger partial charge on any atom is -0.481 e. The summed E-state index contributed by atoms with van der Waals surface area (Å²) >= 11 is 0. The van der Waals surface area contributed by atoms with Gasteiger partial charge in [0.05, 0.1) is 12.5 Å². The van der Waals surface area contributed by atoms with Crippen LogP contribution < -0.4 is 5.32 Å². The van der Waals surface area contributed by atoms with Crippen molar-refractivity contribution in [1.82, 2.24) is 10.2 Å². The monoisotopic (exact) mass is 310 g/mol. The van der Waals surface area contributed by atoms with Crippen LogP contribution in [0.25, 0.3) is 0 Å². The highest BCUT2D eigenvalue weighted by Crippen LogP contribution is 2.24. The number of carboxylic acid groups (broad SMARTS) is 1. The summed E-state index contributed by atoms with van der Waals surface area (Å²) in [6.07, 6.45) is 5.76. The molecule has 0 aromatic heterocycles. The number of carbonyl (C=O) groups is 3. The van der Waals surface area contributed by atoms with Crippen LogP contribution in [0, 0.1) is 17.8 Å². The predicted molar refractivity (Wildman–Crippen MR) is 81.1 cm³/mol. The highest BCUT2D eigenvalue weighted by atomic mass is 16.4. The molecule has 1 aliphatic heterocycles. The van der Waals surface area contributed by atoms with Gasteiger partial charge in [-0.3, -0.25) is 14.4 Å². The van der Waals surface area contributed by atoms with Gasteiger partial charge in [0.25, 0.3) is 0 Å². The molecule has 0 radical (unpaired) electrons. The van der Waals surface area contributed by atoms with Crippen molar-refractivity contribution in [3.63, 3.8) is 0 Å². The number of nitrogens with one attached hydrogen (secondary N) is 1. The molecule has 1 aliphatic carbocycles. The molecule has 0 aromatic carbocycles. The van der Waals surface area contributed by atoms with E-state index in [9.17, 15) is 14.4 Å². The molecule has 1 heterocycles. The average molecular weight is 310 g/mol. The number of nitrogens with zero attached hydrogens (tertiary/aromatic N) is 1. The van der Waals surface area contributed by atoms with E-state index in [0.29, 0.717) is 13.0 Å². The average Bonchev–Trinajstić information content (AvgIpc) is 2.52. The normalized spacial score (nSPS) is 26.5. The maximum atomic E-state index is 12.2. The van der Waals surface area contributed by atoms with Crippen LogP contribution in [0.1, 0.15) is 45.4 Å². The van der Waals surface area contributed by atoms with Crippen molar-refractivity contribution in [1.29, 1.82) is 0 Å². The summed E-state index contributed by atoms with van der Waals surface area (Å²) in [5, 5.41) is 11.9. The summed E-state index contributed by atoms with van der Waals surface area (Å²) in [6, 6.07) is 0. The Morgan fingerprint density at radius 1 is 1.09 bits per heavy atom. The molecule has 2 rings (SSSR count). The SMILES string of the molecule is CC1CC(C(=O)O)CN(C(=O)CNC(=O)C2CCCCC2)C1. The standard InChI is InChI=1S/C16H26N2O4/c1-11-7-13(16(21)22)10-18(9-11)14(19)8-17-15(20)12-5-3-2-4-6-12/h11-13H,2-10H2,1H3,(H,17,20)(H,21,22). The third kappa shape index (κ3) is 4.45. The number of aliphatic carboxylic acids is 1. The molecule has 124 valence electrons. The summed E-state index contributed by atoms with van der Waals surface area (Å²) in [4.78, 5) is 37.0. The van der Waals surface area contributed by atoms with Crippen LogP contribution in [0.3, 0.4) is 0 Å². The molecule has 1 saturated carbocycles. The van der Waals surface area contributed by atoms with E-state index in [1.165, 1.54) is 6.42 Å². The highest BCUT2D eigenvalue weighted by molar-refractivity contribution is 5.86. The minimum atomic E-state index is -0.851. The zero-order valence-electron chi connectivity index (χ0n) is 13.2. The molecular weight excluding hydrogens is 284 g/mol. The van der Waals surface area contributed by atoms with Crippen molar-refractivity contribution < 1.29 is 19.5 Å². The fourth-order valence-electron chi connectivity index (χ4n) is 3.52. The number of amides is 2. The second-order valence-electron chi connectivity index (χ2n) is 6.73. The Hall–Kier alpha value is -1.59. The first-order valence-corrected chi connectivity index (χ1v) is 8.25. The largest absolute Gasteiger partial charge is 0.481 e. The number of piperidine rings is 1. The molecule has 0 aromatic rings. The number of likely N-dealkylation sites (tertiary alicyclic amines) is 1. The van der Waals surface area contributed by atoms with Gasteiger partial charge in [0.1, 0.15) is 0 Å². The Morgan fingerprint density at radius 3 is 2.41 bits per heavy atom. The number of carboxylic acids is 1. The molecule has 1 saturated heterocycles. The van der Waals surface area contributed by atoms with Gasteiger partial charge in [-0.25, -0.2) is 0 Å². The van der Waals surface area contributed by atoms with Gasteiger partial charge in [-0.1, -0.05) is 26.2 Å². The van der Waals surface area contributed by atoms with Crippen LogP contribution in [0.2, 0.25) is 0 Å². The highest BCUT2D eigenvalue weighted by Gasteiger charge is 2.32. The van der Waals surface area contributed by atoms with E-state index in [-0.39, 0.29) is 36.7 Å². The van der Waals surface area contributed by atoms with E-state index in [0.717, 1.165) is 25.7 Å². The van der Waals surface area contributed by atoms with E-state index in [4.69, 9.17) is 5.11 Å². The van der Waals surface area contributed by atoms with Crippen molar-refractivity contribution in [2.24, 2.45) is 17.8 Å². The van der Waals surface area contributed by atoms with E-state index >= 15 is 0 Å². The van der Waals surface area contributed by atoms with Gasteiger partial charge < -0.3 is 15.3 Å². The maximum Gasteiger partial charge on any atom is 0.308 e. The van der Waals surface area contributed by atoms with E-state index in [1.807, 2.05) is 6.92 Å². The first-order valence-electron chi connectivity index (χ1n) is 8.25. The van der Waals surface area contributed by atoms with Crippen LogP contribution in [0.4, 0.5) is 0 Å². The second-order valence-corrected chi connectivity index (χ2v) is 6.73. The number of hydrogen-bond acceptors (Lipinski definition) is 3. The quantitative estimate of drug-likeness (QED) is 0.818. The number of hydrogen-bond donors (Lipinski definition) is 2. The summed E-state index contributed by atoms with van der Waals surface area (Å²) < 4.78 is 0. The summed E-state index contributed by atoms with van der Waals surface area (Å²) in [5.74, 6) is -1.35. The molecule has 2 amide bonds. The Kier molecular flexibility index (Phi) is 5.80. The van der Waals surface area contributed by atoms with E-state index in [2.05, 4.69) is 5.32 Å². The minimum absolute atomic E-state index is 0.0195. The van der Waals surface area contributed by atoms with Gasteiger partial charge in [0, 0.05) is 19.0 Å². The Morgan fingerprint density at radius 2 is 1.77 bits per heavy atom. The van der Waals surface area contributed by atoms with Gasteiger partial charge >= 0.3 is 5.97 Å². The molecule has 22 heavy (non-hydrogen) atoms. The number of carbonyl (C=O) groups excluding carboxylic acids is 2. The lowest BCUT2D eigenvalue weighted by Crippen LogP contribution is -2.49. The molecular formula is C16H26N2O4. The summed E-state index contributed by atoms with van der Waals surface area (Å²) in [6.45, 7) is 2.75. The Balaban J connectivity index is 1.80. The molecule has 6 heteroatoms. The van der Waals surface area contributed by atoms with Crippen molar-refractivity contribution in [2.45, 2.75) is 45.4 Å². The molecule has 6 nitrogen and oxygen atoms in total. The van der Waals surface area contributed by atoms with Crippen molar-refractivity contribution in [3.05, 3.63) is 0 Å². The molecule has 2 aliphatic rings. The van der Waals surface area contributed by atoms with Gasteiger partial charge in [-0.2, -0.15) is 0 Å². The lowest BCUT2D eigenvalue weighted by molar-refractivity contribution is -0.147. The van der Waals surface area contributed by atoms with Crippen LogP contribution in [-0.4, -0.2) is 47.4 Å². The first-order chi connectivity index (χ1) is 10.5. The Bertz CT molecular complexity index is 432. The van der Waals surface area contributed by atoms with Crippen molar-refractivity contribution >= 4 is 17.8 Å². The lowest BCUT2D eigenvalue weighted by Gasteiger charge is -2.34. The van der Waals surface area contributed by atoms with E-state index in [1.54, 1.807) is 4.90 Å². The maximum absolute atomic E-state index is 12.2. The molecule has 0 bridgehead atoms. The second kappa shape index (κ2) is 7.61. The van der Waals surface area contributed by atoms with Gasteiger partial charge in [-0.05, 0) is 25.2 Å². The first kappa shape index (κ1) is 16.8. The third-order valence-corrected chi connectivity index (χ3v) is 4.75. The van der Waals surface area contributed by atoms with Gasteiger partial charge in [0.2, 0.25) is 11.8 Å². The van der Waals surface area contributed by atoms with Crippen LogP contribution >= 0.6 is 0 Å². The molecule has 2 N–H and O–H groups in total. The molecule has 2 atom stereocenters. The van der Waals surface area contributed by atoms with Crippen molar-refractivity contribution in [3.8, 4) is 0 Å². The molecule has 0 spiro atoms. The van der Waals surface area contributed by atoms with Crippen LogP contribution in [-0.2, 0) is 14.4 Å². The zero-order chi connectivity index (χ0) is 16.1. The van der Waals surface area contributed by atoms with Crippen molar-refractivity contribution in [2.75, 3.05) is 19.6 Å². The van der Waals surface area contributed by atoms with Gasteiger partial charge in [-0.15, -0.1) is 0 Å². The summed E-state index contributed by atoms with van der Waals surface area (Å²) in [5.41, 5.74) is 0. The van der Waals surface area contributed by atoms with Gasteiger partial charge in [0.15, 0.2) is 0 Å². The third-order valence-electron chi connectivity index (χ3n) is 4.75.